The van der Waals surface area contributed by atoms with Crippen LogP contribution in [0, 0.1) is 5.82 Å². The number of carbonyl (C=O) groups is 1. The molecule has 182 valence electrons. The lowest BCUT2D eigenvalue weighted by molar-refractivity contribution is -0.116. The van der Waals surface area contributed by atoms with Crippen LogP contribution >= 0.6 is 0 Å². The third kappa shape index (κ3) is 4.88. The fraction of sp³-hybridized carbons (Fsp3) is 0.208. The molecule has 2 heterocycles. The minimum atomic E-state index is -0.539. The third-order valence-corrected chi connectivity index (χ3v) is 5.15. The summed E-state index contributed by atoms with van der Waals surface area (Å²) >= 11 is 0. The lowest BCUT2D eigenvalue weighted by Gasteiger charge is -2.15. The summed E-state index contributed by atoms with van der Waals surface area (Å²) < 4.78 is 42.0. The van der Waals surface area contributed by atoms with Crippen LogP contribution in [-0.2, 0) is 11.3 Å². The molecule has 0 aliphatic heterocycles. The average Bonchev–Trinajstić information content (AvgIpc) is 3.52. The first-order valence-electron chi connectivity index (χ1n) is 10.4. The van der Waals surface area contributed by atoms with E-state index < -0.39 is 5.82 Å². The van der Waals surface area contributed by atoms with Gasteiger partial charge < -0.3 is 33.4 Å². The predicted octanol–water partition coefficient (Wildman–Crippen LogP) is 4.02. The Hall–Kier alpha value is -4.54. The second-order valence-electron chi connectivity index (χ2n) is 7.26. The number of methoxy groups -OCH3 is 4. The van der Waals surface area contributed by atoms with Gasteiger partial charge in [-0.3, -0.25) is 4.79 Å². The number of benzene rings is 2. The first-order valence-corrected chi connectivity index (χ1v) is 10.4. The van der Waals surface area contributed by atoms with Gasteiger partial charge in [-0.15, -0.1) is 0 Å². The predicted molar refractivity (Wildman–Crippen MR) is 124 cm³/mol. The van der Waals surface area contributed by atoms with E-state index in [0.717, 1.165) is 0 Å². The van der Waals surface area contributed by atoms with Crippen molar-refractivity contribution in [1.29, 1.82) is 0 Å². The number of amides is 1. The first kappa shape index (κ1) is 23.6. The van der Waals surface area contributed by atoms with E-state index in [-0.39, 0.29) is 29.9 Å². The van der Waals surface area contributed by atoms with E-state index in [1.165, 1.54) is 40.6 Å². The molecule has 0 bridgehead atoms. The Bertz CT molecular complexity index is 1320. The number of anilines is 1. The van der Waals surface area contributed by atoms with E-state index in [1.54, 1.807) is 41.1 Å². The van der Waals surface area contributed by atoms with Crippen LogP contribution in [-0.4, -0.2) is 49.1 Å². The molecule has 10 nitrogen and oxygen atoms in total. The van der Waals surface area contributed by atoms with Gasteiger partial charge in [0.05, 0.1) is 28.4 Å². The van der Waals surface area contributed by atoms with Gasteiger partial charge in [0.1, 0.15) is 12.2 Å². The second-order valence-corrected chi connectivity index (χ2v) is 7.26. The number of hydrogen-bond donors (Lipinski definition) is 1. The molecule has 4 aromatic rings. The van der Waals surface area contributed by atoms with Crippen molar-refractivity contribution in [3.8, 4) is 46.0 Å². The Morgan fingerprint density at radius 1 is 1.00 bits per heavy atom. The van der Waals surface area contributed by atoms with Crippen molar-refractivity contribution in [3.05, 3.63) is 54.5 Å². The highest BCUT2D eigenvalue weighted by molar-refractivity contribution is 5.91. The number of halogens is 1. The van der Waals surface area contributed by atoms with Crippen LogP contribution in [0.25, 0.3) is 23.0 Å². The van der Waals surface area contributed by atoms with Crippen molar-refractivity contribution >= 4 is 11.6 Å². The molecule has 0 saturated carbocycles. The van der Waals surface area contributed by atoms with Crippen LogP contribution in [0.2, 0.25) is 0 Å². The largest absolute Gasteiger partial charge is 0.494 e. The van der Waals surface area contributed by atoms with Gasteiger partial charge in [-0.2, -0.15) is 4.98 Å². The maximum absolute atomic E-state index is 14.1. The Morgan fingerprint density at radius 3 is 2.34 bits per heavy atom. The fourth-order valence-electron chi connectivity index (χ4n) is 3.50. The van der Waals surface area contributed by atoms with Gasteiger partial charge in [-0.25, -0.2) is 4.39 Å². The zero-order chi connectivity index (χ0) is 24.9. The summed E-state index contributed by atoms with van der Waals surface area (Å²) in [4.78, 5) is 17.1. The molecule has 0 radical (unpaired) electrons. The maximum Gasteiger partial charge on any atom is 0.274 e. The monoisotopic (exact) mass is 482 g/mol. The number of hydrogen-bond acceptors (Lipinski definition) is 8. The van der Waals surface area contributed by atoms with E-state index >= 15 is 0 Å². The second kappa shape index (κ2) is 10.2. The molecule has 0 aliphatic rings. The van der Waals surface area contributed by atoms with Crippen LogP contribution in [0.1, 0.15) is 0 Å². The summed E-state index contributed by atoms with van der Waals surface area (Å²) in [6.07, 6.45) is 1.71. The molecule has 0 fully saturated rings. The summed E-state index contributed by atoms with van der Waals surface area (Å²) in [6, 6.07) is 11.1. The summed E-state index contributed by atoms with van der Waals surface area (Å²) in [7, 11) is 5.87. The zero-order valence-electron chi connectivity index (χ0n) is 19.5. The quantitative estimate of drug-likeness (QED) is 0.381. The van der Waals surface area contributed by atoms with Gasteiger partial charge in [-0.05, 0) is 30.3 Å². The molecule has 11 heteroatoms. The van der Waals surface area contributed by atoms with Crippen LogP contribution < -0.4 is 24.3 Å². The number of nitrogens with one attached hydrogen (secondary N) is 1. The standard InChI is InChI=1S/C24H23FN4O6/c1-31-18-8-7-14(10-16(18)25)23-27-24(35-28-23)17-6-5-9-29(17)13-21(30)26-15-11-19(32-2)22(34-4)20(12-15)33-3/h5-12H,13H2,1-4H3,(H,26,30). The van der Waals surface area contributed by atoms with Gasteiger partial charge in [0.25, 0.3) is 5.89 Å². The molecule has 0 saturated heterocycles. The molecule has 4 rings (SSSR count). The average molecular weight is 482 g/mol. The molecule has 2 aromatic carbocycles. The van der Waals surface area contributed by atoms with Crippen molar-refractivity contribution in [2.45, 2.75) is 6.54 Å². The molecular formula is C24H23FN4O6. The van der Waals surface area contributed by atoms with Gasteiger partial charge in [-0.1, -0.05) is 5.16 Å². The van der Waals surface area contributed by atoms with Crippen LogP contribution in [0.3, 0.4) is 0 Å². The molecule has 0 atom stereocenters. The molecular weight excluding hydrogens is 459 g/mol. The van der Waals surface area contributed by atoms with Crippen LogP contribution in [0.4, 0.5) is 10.1 Å². The number of ether oxygens (including phenoxy) is 4. The van der Waals surface area contributed by atoms with Crippen molar-refractivity contribution < 1.29 is 32.7 Å². The highest BCUT2D eigenvalue weighted by Gasteiger charge is 2.18. The zero-order valence-corrected chi connectivity index (χ0v) is 19.5. The van der Waals surface area contributed by atoms with Crippen LogP contribution in [0.5, 0.6) is 23.0 Å². The Labute approximate surface area is 200 Å². The number of carbonyl (C=O) groups excluding carboxylic acids is 1. The molecule has 35 heavy (non-hydrogen) atoms. The normalized spacial score (nSPS) is 10.7. The SMILES string of the molecule is COc1ccc(-c2noc(-c3cccn3CC(=O)Nc3cc(OC)c(OC)c(OC)c3)n2)cc1F. The van der Waals surface area contributed by atoms with Gasteiger partial charge in [0, 0.05) is 29.6 Å². The number of rotatable bonds is 9. The highest BCUT2D eigenvalue weighted by Crippen LogP contribution is 2.40. The van der Waals surface area contributed by atoms with E-state index in [4.69, 9.17) is 23.5 Å². The van der Waals surface area contributed by atoms with E-state index in [2.05, 4.69) is 15.5 Å². The van der Waals surface area contributed by atoms with Gasteiger partial charge in [0.15, 0.2) is 23.1 Å². The maximum atomic E-state index is 14.1. The minimum Gasteiger partial charge on any atom is -0.494 e. The molecule has 2 aromatic heterocycles. The number of nitrogens with zero attached hydrogens (tertiary/aromatic N) is 3. The summed E-state index contributed by atoms with van der Waals surface area (Å²) in [5.41, 5.74) is 1.43. The van der Waals surface area contributed by atoms with Crippen molar-refractivity contribution in [1.82, 2.24) is 14.7 Å². The van der Waals surface area contributed by atoms with Gasteiger partial charge >= 0.3 is 0 Å². The van der Waals surface area contributed by atoms with E-state index in [1.807, 2.05) is 0 Å². The van der Waals surface area contributed by atoms with Gasteiger partial charge in [0.2, 0.25) is 17.5 Å². The lowest BCUT2D eigenvalue weighted by Crippen LogP contribution is -2.19. The third-order valence-electron chi connectivity index (χ3n) is 5.15. The van der Waals surface area contributed by atoms with E-state index in [0.29, 0.717) is 34.2 Å². The Morgan fingerprint density at radius 2 is 1.71 bits per heavy atom. The summed E-state index contributed by atoms with van der Waals surface area (Å²) in [5.74, 6) is 0.901. The topological polar surface area (TPSA) is 110 Å². The fourth-order valence-corrected chi connectivity index (χ4v) is 3.50. The first-order chi connectivity index (χ1) is 17.0. The highest BCUT2D eigenvalue weighted by atomic mass is 19.1. The van der Waals surface area contributed by atoms with Crippen molar-refractivity contribution in [3.63, 3.8) is 0 Å². The summed E-state index contributed by atoms with van der Waals surface area (Å²) in [6.45, 7) is -0.0339. The molecule has 1 N–H and O–H groups in total. The molecule has 0 aliphatic carbocycles. The Kier molecular flexibility index (Phi) is 6.86. The van der Waals surface area contributed by atoms with E-state index in [9.17, 15) is 9.18 Å². The summed E-state index contributed by atoms with van der Waals surface area (Å²) in [5, 5.41) is 6.75. The Balaban J connectivity index is 1.52. The van der Waals surface area contributed by atoms with Crippen molar-refractivity contribution in [2.75, 3.05) is 33.8 Å². The van der Waals surface area contributed by atoms with Crippen molar-refractivity contribution in [2.24, 2.45) is 0 Å². The molecule has 0 spiro atoms. The van der Waals surface area contributed by atoms with Crippen LogP contribution in [0.15, 0.2) is 53.2 Å². The molecule has 0 unspecified atom stereocenters. The number of aromatic nitrogens is 3. The smallest absolute Gasteiger partial charge is 0.274 e. The lowest BCUT2D eigenvalue weighted by atomic mass is 10.2. The minimum absolute atomic E-state index is 0.0339. The molecule has 1 amide bonds.